The number of para-hydroxylation sites is 1. The van der Waals surface area contributed by atoms with Crippen molar-refractivity contribution in [3.05, 3.63) is 83.8 Å². The second-order valence-corrected chi connectivity index (χ2v) is 10.7. The van der Waals surface area contributed by atoms with Crippen LogP contribution in [0.4, 0.5) is 0 Å². The van der Waals surface area contributed by atoms with Gasteiger partial charge in [-0.25, -0.2) is 4.98 Å². The summed E-state index contributed by atoms with van der Waals surface area (Å²) in [6.45, 7) is 5.25. The molecule has 1 aliphatic rings. The molecule has 7 heteroatoms. The van der Waals surface area contributed by atoms with Crippen molar-refractivity contribution in [1.29, 1.82) is 0 Å². The third kappa shape index (κ3) is 4.37. The van der Waals surface area contributed by atoms with Crippen LogP contribution in [0, 0.1) is 0 Å². The normalized spacial score (nSPS) is 15.6. The highest BCUT2D eigenvalue weighted by atomic mass is 16.3. The molecule has 7 nitrogen and oxygen atoms in total. The van der Waals surface area contributed by atoms with Crippen molar-refractivity contribution in [3.8, 4) is 11.5 Å². The van der Waals surface area contributed by atoms with Crippen LogP contribution in [0.5, 0.6) is 0 Å². The molecule has 0 saturated carbocycles. The Morgan fingerprint density at radius 3 is 2.55 bits per heavy atom. The number of imidazole rings is 1. The maximum atomic E-state index is 13.2. The number of hydrogen-bond donors (Lipinski definition) is 1. The fourth-order valence-electron chi connectivity index (χ4n) is 5.36. The molecule has 0 atom stereocenters. The van der Waals surface area contributed by atoms with Gasteiger partial charge in [-0.3, -0.25) is 9.78 Å². The molecule has 0 bridgehead atoms. The lowest BCUT2D eigenvalue weighted by Gasteiger charge is -2.37. The highest BCUT2D eigenvalue weighted by molar-refractivity contribution is 6.05. The number of fused-ring (bicyclic) bond motifs is 3. The number of carbonyl (C=O) groups excluding carboxylic acids is 1. The Kier molecular flexibility index (Phi) is 6.03. The topological polar surface area (TPSA) is 84.4 Å². The maximum Gasteiger partial charge on any atom is 0.226 e. The number of rotatable bonds is 5. The zero-order valence-electron chi connectivity index (χ0n) is 22.0. The molecule has 1 amide bonds. The number of aliphatic hydroxyl groups is 1. The number of aryl methyl sites for hydroxylation is 1. The van der Waals surface area contributed by atoms with Crippen LogP contribution >= 0.6 is 0 Å². The number of nitrogens with zero attached hydrogens (tertiary/aromatic N) is 4. The number of likely N-dealkylation sites (tertiary alicyclic amines) is 1. The quantitative estimate of drug-likeness (QED) is 0.336. The SMILES string of the molecule is CC(C)c1ccc(-c2nc(C3(O)CCN(C(=O)Cc4ccc5oc6ccccc6c5c4)CC3)cn2C)nc1. The Hall–Kier alpha value is -3.97. The lowest BCUT2D eigenvalue weighted by atomic mass is 9.88. The number of amides is 1. The summed E-state index contributed by atoms with van der Waals surface area (Å²) in [6.07, 6.45) is 4.98. The van der Waals surface area contributed by atoms with Crippen LogP contribution in [-0.4, -0.2) is 43.5 Å². The summed E-state index contributed by atoms with van der Waals surface area (Å²) in [5, 5.41) is 13.6. The number of piperidine rings is 1. The summed E-state index contributed by atoms with van der Waals surface area (Å²) in [7, 11) is 1.92. The molecule has 0 radical (unpaired) electrons. The summed E-state index contributed by atoms with van der Waals surface area (Å²) in [4.78, 5) is 24.4. The molecule has 38 heavy (non-hydrogen) atoms. The maximum absolute atomic E-state index is 13.2. The van der Waals surface area contributed by atoms with Gasteiger partial charge in [0.1, 0.15) is 22.5 Å². The van der Waals surface area contributed by atoms with Gasteiger partial charge in [-0.15, -0.1) is 0 Å². The van der Waals surface area contributed by atoms with Crippen molar-refractivity contribution in [2.24, 2.45) is 7.05 Å². The zero-order chi connectivity index (χ0) is 26.4. The van der Waals surface area contributed by atoms with Gasteiger partial charge in [-0.1, -0.05) is 44.2 Å². The smallest absolute Gasteiger partial charge is 0.226 e. The number of aromatic nitrogens is 3. The van der Waals surface area contributed by atoms with Crippen molar-refractivity contribution >= 4 is 27.8 Å². The molecule has 3 aromatic heterocycles. The average molecular weight is 509 g/mol. The van der Waals surface area contributed by atoms with Gasteiger partial charge in [0.05, 0.1) is 12.1 Å². The molecule has 6 rings (SSSR count). The van der Waals surface area contributed by atoms with Gasteiger partial charge in [0.25, 0.3) is 0 Å². The minimum absolute atomic E-state index is 0.0651. The van der Waals surface area contributed by atoms with E-state index in [1.165, 1.54) is 5.56 Å². The number of benzene rings is 2. The molecule has 2 aromatic carbocycles. The van der Waals surface area contributed by atoms with E-state index in [4.69, 9.17) is 9.40 Å². The van der Waals surface area contributed by atoms with Crippen LogP contribution in [0.25, 0.3) is 33.5 Å². The number of pyridine rings is 1. The standard InChI is InChI=1S/C31H32N4O3/c1-20(2)22-9-10-25(32-18-22)30-33-28(19-34(30)3)31(37)12-14-35(15-13-31)29(36)17-21-8-11-27-24(16-21)23-6-4-5-7-26(23)38-27/h4-11,16,18-20,37H,12-15,17H2,1-3H3. The lowest BCUT2D eigenvalue weighted by molar-refractivity contribution is -0.135. The summed E-state index contributed by atoms with van der Waals surface area (Å²) >= 11 is 0. The highest BCUT2D eigenvalue weighted by Gasteiger charge is 2.38. The molecule has 0 unspecified atom stereocenters. The van der Waals surface area contributed by atoms with Crippen molar-refractivity contribution in [1.82, 2.24) is 19.4 Å². The molecule has 1 saturated heterocycles. The van der Waals surface area contributed by atoms with E-state index in [2.05, 4.69) is 31.0 Å². The van der Waals surface area contributed by atoms with E-state index < -0.39 is 5.60 Å². The second-order valence-electron chi connectivity index (χ2n) is 10.7. The molecular formula is C31H32N4O3. The predicted octanol–water partition coefficient (Wildman–Crippen LogP) is 5.56. The van der Waals surface area contributed by atoms with Crippen LogP contribution in [-0.2, 0) is 23.9 Å². The molecule has 0 spiro atoms. The van der Waals surface area contributed by atoms with Gasteiger partial charge in [-0.05, 0) is 54.2 Å². The lowest BCUT2D eigenvalue weighted by Crippen LogP contribution is -2.45. The van der Waals surface area contributed by atoms with E-state index in [0.717, 1.165) is 39.0 Å². The fourth-order valence-corrected chi connectivity index (χ4v) is 5.36. The molecule has 0 aliphatic carbocycles. The summed E-state index contributed by atoms with van der Waals surface area (Å²) in [5.41, 5.74) is 4.15. The molecule has 194 valence electrons. The highest BCUT2D eigenvalue weighted by Crippen LogP contribution is 2.34. The predicted molar refractivity (Wildman–Crippen MR) is 148 cm³/mol. The number of carbonyl (C=O) groups is 1. The molecule has 1 aliphatic heterocycles. The van der Waals surface area contributed by atoms with Crippen molar-refractivity contribution in [3.63, 3.8) is 0 Å². The largest absolute Gasteiger partial charge is 0.456 e. The van der Waals surface area contributed by atoms with Gasteiger partial charge in [0.2, 0.25) is 5.91 Å². The average Bonchev–Trinajstić information content (AvgIpc) is 3.50. The van der Waals surface area contributed by atoms with Crippen molar-refractivity contribution in [2.45, 2.75) is 44.6 Å². The number of hydrogen-bond acceptors (Lipinski definition) is 5. The van der Waals surface area contributed by atoms with Crippen LogP contribution in [0.1, 0.15) is 49.4 Å². The first-order valence-corrected chi connectivity index (χ1v) is 13.2. The first-order chi connectivity index (χ1) is 18.3. The van der Waals surface area contributed by atoms with Crippen molar-refractivity contribution < 1.29 is 14.3 Å². The summed E-state index contributed by atoms with van der Waals surface area (Å²) < 4.78 is 7.83. The van der Waals surface area contributed by atoms with E-state index >= 15 is 0 Å². The molecular weight excluding hydrogens is 476 g/mol. The first kappa shape index (κ1) is 24.4. The number of furan rings is 1. The zero-order valence-corrected chi connectivity index (χ0v) is 22.0. The molecule has 1 N–H and O–H groups in total. The molecule has 4 heterocycles. The molecule has 1 fully saturated rings. The Labute approximate surface area is 221 Å². The minimum atomic E-state index is -1.07. The van der Waals surface area contributed by atoms with Gasteiger partial charge in [0, 0.05) is 43.3 Å². The summed E-state index contributed by atoms with van der Waals surface area (Å²) in [6, 6.07) is 18.0. The van der Waals surface area contributed by atoms with E-state index in [0.29, 0.717) is 44.0 Å². The third-order valence-corrected chi connectivity index (χ3v) is 7.78. The van der Waals surface area contributed by atoms with Crippen LogP contribution < -0.4 is 0 Å². The van der Waals surface area contributed by atoms with Crippen LogP contribution in [0.2, 0.25) is 0 Å². The minimum Gasteiger partial charge on any atom is -0.456 e. The van der Waals surface area contributed by atoms with E-state index in [-0.39, 0.29) is 5.91 Å². The Morgan fingerprint density at radius 2 is 1.82 bits per heavy atom. The Balaban J connectivity index is 1.14. The second kappa shape index (κ2) is 9.40. The Bertz CT molecular complexity index is 1620. The van der Waals surface area contributed by atoms with Crippen LogP contribution in [0.15, 0.2) is 71.4 Å². The van der Waals surface area contributed by atoms with Crippen molar-refractivity contribution in [2.75, 3.05) is 13.1 Å². The summed E-state index contributed by atoms with van der Waals surface area (Å²) in [5.74, 6) is 1.20. The molecule has 5 aromatic rings. The van der Waals surface area contributed by atoms with E-state index in [9.17, 15) is 9.90 Å². The van der Waals surface area contributed by atoms with Gasteiger partial charge >= 0.3 is 0 Å². The van der Waals surface area contributed by atoms with Gasteiger partial charge in [-0.2, -0.15) is 0 Å². The van der Waals surface area contributed by atoms with Gasteiger partial charge in [0.15, 0.2) is 5.82 Å². The Morgan fingerprint density at radius 1 is 1.05 bits per heavy atom. The third-order valence-electron chi connectivity index (χ3n) is 7.78. The fraction of sp³-hybridized carbons (Fsp3) is 0.323. The van der Waals surface area contributed by atoms with E-state index in [1.54, 1.807) is 0 Å². The monoisotopic (exact) mass is 508 g/mol. The van der Waals surface area contributed by atoms with E-state index in [1.807, 2.05) is 71.4 Å². The first-order valence-electron chi connectivity index (χ1n) is 13.2. The van der Waals surface area contributed by atoms with Gasteiger partial charge < -0.3 is 19.0 Å². The van der Waals surface area contributed by atoms with Crippen LogP contribution in [0.3, 0.4) is 0 Å².